The lowest BCUT2D eigenvalue weighted by Gasteiger charge is -2.23. The lowest BCUT2D eigenvalue weighted by atomic mass is 10.1. The molecule has 0 N–H and O–H groups in total. The van der Waals surface area contributed by atoms with Crippen LogP contribution in [0.25, 0.3) is 0 Å². The van der Waals surface area contributed by atoms with Crippen LogP contribution in [-0.2, 0) is 16.4 Å². The van der Waals surface area contributed by atoms with Crippen molar-refractivity contribution in [3.63, 3.8) is 0 Å². The number of hydrogen-bond acceptors (Lipinski definition) is 5. The standard InChI is InChI=1S/C20H19N3O3S2/c1-27-17-4-2-3-16(9-17)23-19-13-28(25,26)12-18(19)22(20(23)24)11-15-7-5-14(10-21)6-8-15/h2-9,18-19H,11-13H2,1H3/t18-,19-/m0/s1. The molecule has 2 aromatic rings. The van der Waals surface area contributed by atoms with Gasteiger partial charge in [0.05, 0.1) is 35.2 Å². The molecule has 2 aromatic carbocycles. The predicted octanol–water partition coefficient (Wildman–Crippen LogP) is 2.89. The lowest BCUT2D eigenvalue weighted by molar-refractivity contribution is 0.206. The summed E-state index contributed by atoms with van der Waals surface area (Å²) in [5.41, 5.74) is 2.15. The predicted molar refractivity (Wildman–Crippen MR) is 109 cm³/mol. The zero-order chi connectivity index (χ0) is 19.9. The smallest absolute Gasteiger partial charge is 0.314 e. The van der Waals surface area contributed by atoms with E-state index < -0.39 is 9.84 Å². The Morgan fingerprint density at radius 1 is 1.14 bits per heavy atom. The molecular formula is C20H19N3O3S2. The summed E-state index contributed by atoms with van der Waals surface area (Å²) < 4.78 is 24.7. The molecule has 2 heterocycles. The molecule has 2 aliphatic rings. The van der Waals surface area contributed by atoms with Crippen molar-refractivity contribution in [3.05, 3.63) is 59.7 Å². The van der Waals surface area contributed by atoms with Gasteiger partial charge in [-0.25, -0.2) is 13.2 Å². The minimum Gasteiger partial charge on any atom is -0.314 e. The number of amides is 2. The second-order valence-corrected chi connectivity index (χ2v) is 10.0. The third kappa shape index (κ3) is 3.36. The van der Waals surface area contributed by atoms with Crippen LogP contribution in [0.4, 0.5) is 10.5 Å². The third-order valence-corrected chi connectivity index (χ3v) is 7.67. The first kappa shape index (κ1) is 18.8. The molecule has 144 valence electrons. The Bertz CT molecular complexity index is 1060. The SMILES string of the molecule is CSc1cccc(N2C(=O)N(Cc3ccc(C#N)cc3)[C@H]3CS(=O)(=O)C[C@@H]32)c1. The maximum atomic E-state index is 13.3. The van der Waals surface area contributed by atoms with Gasteiger partial charge in [0.1, 0.15) is 0 Å². The summed E-state index contributed by atoms with van der Waals surface area (Å²) >= 11 is 1.58. The normalized spacial score (nSPS) is 22.9. The van der Waals surface area contributed by atoms with E-state index in [1.54, 1.807) is 45.8 Å². The van der Waals surface area contributed by atoms with Crippen LogP contribution >= 0.6 is 11.8 Å². The van der Waals surface area contributed by atoms with Crippen LogP contribution in [0.5, 0.6) is 0 Å². The van der Waals surface area contributed by atoms with Crippen molar-refractivity contribution in [1.29, 1.82) is 5.26 Å². The molecule has 0 aromatic heterocycles. The molecule has 0 saturated carbocycles. The second kappa shape index (κ2) is 7.15. The van der Waals surface area contributed by atoms with Gasteiger partial charge in [-0.3, -0.25) is 4.90 Å². The first-order valence-electron chi connectivity index (χ1n) is 8.85. The summed E-state index contributed by atoms with van der Waals surface area (Å²) in [7, 11) is -3.21. The number of carbonyl (C=O) groups is 1. The fourth-order valence-electron chi connectivity index (χ4n) is 3.91. The summed E-state index contributed by atoms with van der Waals surface area (Å²) in [6.07, 6.45) is 1.96. The molecule has 2 saturated heterocycles. The molecule has 8 heteroatoms. The zero-order valence-corrected chi connectivity index (χ0v) is 16.9. The summed E-state index contributed by atoms with van der Waals surface area (Å²) in [6, 6.07) is 15.8. The number of fused-ring (bicyclic) bond motifs is 1. The first-order chi connectivity index (χ1) is 13.4. The molecule has 2 aliphatic heterocycles. The number of thioether (sulfide) groups is 1. The van der Waals surface area contributed by atoms with E-state index in [0.717, 1.165) is 16.1 Å². The van der Waals surface area contributed by atoms with Crippen LogP contribution in [-0.4, -0.2) is 49.2 Å². The van der Waals surface area contributed by atoms with E-state index >= 15 is 0 Å². The van der Waals surface area contributed by atoms with E-state index in [1.165, 1.54) is 0 Å². The van der Waals surface area contributed by atoms with Gasteiger partial charge in [-0.2, -0.15) is 5.26 Å². The van der Waals surface area contributed by atoms with Crippen LogP contribution < -0.4 is 4.90 Å². The Morgan fingerprint density at radius 3 is 2.54 bits per heavy atom. The second-order valence-electron chi connectivity index (χ2n) is 7.00. The van der Waals surface area contributed by atoms with Gasteiger partial charge >= 0.3 is 6.03 Å². The van der Waals surface area contributed by atoms with Crippen molar-refractivity contribution in [3.8, 4) is 6.07 Å². The van der Waals surface area contributed by atoms with E-state index in [-0.39, 0.29) is 29.6 Å². The van der Waals surface area contributed by atoms with E-state index in [2.05, 4.69) is 6.07 Å². The number of rotatable bonds is 4. The van der Waals surface area contributed by atoms with E-state index in [0.29, 0.717) is 12.1 Å². The number of hydrogen-bond donors (Lipinski definition) is 0. The monoisotopic (exact) mass is 413 g/mol. The average molecular weight is 414 g/mol. The maximum Gasteiger partial charge on any atom is 0.325 e. The Morgan fingerprint density at radius 2 is 1.86 bits per heavy atom. The highest BCUT2D eigenvalue weighted by Gasteiger charge is 2.53. The van der Waals surface area contributed by atoms with Crippen molar-refractivity contribution in [2.24, 2.45) is 0 Å². The number of anilines is 1. The quantitative estimate of drug-likeness (QED) is 0.569. The maximum absolute atomic E-state index is 13.3. The first-order valence-corrected chi connectivity index (χ1v) is 11.9. The van der Waals surface area contributed by atoms with Gasteiger partial charge in [0.25, 0.3) is 0 Å². The summed E-state index contributed by atoms with van der Waals surface area (Å²) in [4.78, 5) is 17.6. The van der Waals surface area contributed by atoms with Crippen LogP contribution in [0.15, 0.2) is 53.4 Å². The molecule has 28 heavy (non-hydrogen) atoms. The molecule has 4 rings (SSSR count). The number of sulfone groups is 1. The van der Waals surface area contributed by atoms with Gasteiger partial charge in [0.2, 0.25) is 0 Å². The molecule has 2 amide bonds. The van der Waals surface area contributed by atoms with Gasteiger partial charge in [-0.05, 0) is 42.2 Å². The fraction of sp³-hybridized carbons (Fsp3) is 0.300. The molecule has 0 bridgehead atoms. The van der Waals surface area contributed by atoms with Crippen molar-refractivity contribution >= 4 is 33.3 Å². The highest BCUT2D eigenvalue weighted by molar-refractivity contribution is 7.98. The fourth-order valence-corrected chi connectivity index (χ4v) is 6.31. The van der Waals surface area contributed by atoms with Crippen molar-refractivity contribution in [2.75, 3.05) is 22.7 Å². The minimum absolute atomic E-state index is 0.0155. The average Bonchev–Trinajstić information content (AvgIpc) is 3.12. The van der Waals surface area contributed by atoms with Crippen molar-refractivity contribution < 1.29 is 13.2 Å². The van der Waals surface area contributed by atoms with Crippen LogP contribution in [0.1, 0.15) is 11.1 Å². The molecule has 0 aliphatic carbocycles. The van der Waals surface area contributed by atoms with Gasteiger partial charge in [-0.15, -0.1) is 11.8 Å². The Hall–Kier alpha value is -2.50. The van der Waals surface area contributed by atoms with Gasteiger partial charge < -0.3 is 4.90 Å². The Balaban J connectivity index is 1.68. The summed E-state index contributed by atoms with van der Waals surface area (Å²) in [5.74, 6) is -0.0326. The molecule has 2 atom stereocenters. The van der Waals surface area contributed by atoms with Gasteiger partial charge in [0.15, 0.2) is 9.84 Å². The van der Waals surface area contributed by atoms with Crippen LogP contribution in [0.3, 0.4) is 0 Å². The third-order valence-electron chi connectivity index (χ3n) is 5.24. The molecule has 0 spiro atoms. The van der Waals surface area contributed by atoms with Gasteiger partial charge in [-0.1, -0.05) is 18.2 Å². The minimum atomic E-state index is -3.21. The van der Waals surface area contributed by atoms with Crippen LogP contribution in [0, 0.1) is 11.3 Å². The zero-order valence-electron chi connectivity index (χ0n) is 15.3. The van der Waals surface area contributed by atoms with Crippen molar-refractivity contribution in [2.45, 2.75) is 23.5 Å². The van der Waals surface area contributed by atoms with E-state index in [4.69, 9.17) is 5.26 Å². The number of nitrogens with zero attached hydrogens (tertiary/aromatic N) is 3. The Kier molecular flexibility index (Phi) is 4.81. The van der Waals surface area contributed by atoms with E-state index in [1.807, 2.05) is 30.5 Å². The molecule has 0 radical (unpaired) electrons. The number of benzene rings is 2. The topological polar surface area (TPSA) is 81.5 Å². The number of carbonyl (C=O) groups excluding carboxylic acids is 1. The summed E-state index contributed by atoms with van der Waals surface area (Å²) in [5, 5.41) is 8.95. The molecule has 6 nitrogen and oxygen atoms in total. The van der Waals surface area contributed by atoms with Crippen molar-refractivity contribution in [1.82, 2.24) is 4.90 Å². The Labute approximate surface area is 168 Å². The molecule has 2 fully saturated rings. The summed E-state index contributed by atoms with van der Waals surface area (Å²) in [6.45, 7) is 0.319. The van der Waals surface area contributed by atoms with Gasteiger partial charge in [0, 0.05) is 17.1 Å². The lowest BCUT2D eigenvalue weighted by Crippen LogP contribution is -2.37. The highest BCUT2D eigenvalue weighted by Crippen LogP contribution is 2.36. The number of urea groups is 1. The van der Waals surface area contributed by atoms with E-state index in [9.17, 15) is 13.2 Å². The largest absolute Gasteiger partial charge is 0.325 e. The highest BCUT2D eigenvalue weighted by atomic mass is 32.2. The molecule has 0 unspecified atom stereocenters. The van der Waals surface area contributed by atoms with Crippen LogP contribution in [0.2, 0.25) is 0 Å². The number of nitriles is 1. The molecular weight excluding hydrogens is 394 g/mol.